The van der Waals surface area contributed by atoms with Gasteiger partial charge >= 0.3 is 0 Å². The largest absolute Gasteiger partial charge is 0.384 e. The minimum absolute atomic E-state index is 0.426. The smallest absolute Gasteiger partial charge is 0.118 e. The molecule has 5 heteroatoms. The molecule has 2 heterocycles. The molecule has 1 saturated carbocycles. The third kappa shape index (κ3) is 5.54. The van der Waals surface area contributed by atoms with Crippen LogP contribution in [0, 0.1) is 29.1 Å². The summed E-state index contributed by atoms with van der Waals surface area (Å²) in [7, 11) is 0. The zero-order valence-corrected chi connectivity index (χ0v) is 18.7. The van der Waals surface area contributed by atoms with Crippen molar-refractivity contribution in [3.8, 4) is 0 Å². The maximum absolute atomic E-state index is 8.16. The second-order valence-corrected chi connectivity index (χ2v) is 10.8. The van der Waals surface area contributed by atoms with Gasteiger partial charge < -0.3 is 10.6 Å². The molecule has 4 nitrogen and oxygen atoms in total. The van der Waals surface area contributed by atoms with E-state index in [9.17, 15) is 0 Å². The maximum atomic E-state index is 8.16. The van der Waals surface area contributed by atoms with Crippen LogP contribution in [0.1, 0.15) is 56.9 Å². The Balaban J connectivity index is 1.42. The second kappa shape index (κ2) is 8.50. The first-order chi connectivity index (χ1) is 13.2. The Morgan fingerprint density at radius 1 is 1.36 bits per heavy atom. The molecule has 1 saturated heterocycles. The minimum atomic E-state index is 0.426. The van der Waals surface area contributed by atoms with Gasteiger partial charge in [0, 0.05) is 6.54 Å². The highest BCUT2D eigenvalue weighted by Crippen LogP contribution is 2.59. The highest BCUT2D eigenvalue weighted by atomic mass is 32.1. The number of nitrogens with one attached hydrogen (secondary N) is 1. The lowest BCUT2D eigenvalue weighted by Gasteiger charge is -2.34. The normalized spacial score (nSPS) is 22.9. The fraction of sp³-hybridized carbons (Fsp3) is 0.652. The van der Waals surface area contributed by atoms with E-state index in [1.165, 1.54) is 45.3 Å². The lowest BCUT2D eigenvalue weighted by molar-refractivity contribution is 0.146. The van der Waals surface area contributed by atoms with Crippen LogP contribution in [0.3, 0.4) is 0 Å². The Morgan fingerprint density at radius 2 is 2.07 bits per heavy atom. The van der Waals surface area contributed by atoms with Gasteiger partial charge in [-0.1, -0.05) is 20.8 Å². The van der Waals surface area contributed by atoms with Gasteiger partial charge in [-0.15, -0.1) is 11.3 Å². The molecule has 0 bridgehead atoms. The first-order valence-electron chi connectivity index (χ1n) is 10.5. The van der Waals surface area contributed by atoms with Crippen molar-refractivity contribution in [1.82, 2.24) is 4.90 Å². The Hall–Kier alpha value is -1.46. The van der Waals surface area contributed by atoms with Crippen LogP contribution >= 0.6 is 11.3 Å². The van der Waals surface area contributed by atoms with Crippen LogP contribution in [0.5, 0.6) is 0 Å². The maximum Gasteiger partial charge on any atom is 0.118 e. The summed E-state index contributed by atoms with van der Waals surface area (Å²) in [5.74, 6) is 1.24. The zero-order chi connectivity index (χ0) is 20.4. The van der Waals surface area contributed by atoms with Crippen molar-refractivity contribution in [2.45, 2.75) is 53.4 Å². The Labute approximate surface area is 174 Å². The molecule has 1 spiro atoms. The van der Waals surface area contributed by atoms with Gasteiger partial charge in [0.05, 0.1) is 10.6 Å². The van der Waals surface area contributed by atoms with E-state index in [4.69, 9.17) is 11.1 Å². The summed E-state index contributed by atoms with van der Waals surface area (Å²) in [6, 6.07) is 2.04. The molecule has 1 atom stereocenters. The van der Waals surface area contributed by atoms with Crippen molar-refractivity contribution in [1.29, 1.82) is 5.41 Å². The standard InChI is InChI=1S/C23H36N4S/c1-17-7-14-28-21(17)19(24)5-6-20(25)26-16-18-15-23(18)9-12-27(13-10-23)11-8-22(2,3)4/h5-7,14,18,24H,8-13,15-16H2,1-4H3,(H2,25,26)/b6-5-,24-19?. The van der Waals surface area contributed by atoms with Gasteiger partial charge in [0.2, 0.25) is 0 Å². The number of allylic oxidation sites excluding steroid dienone is 1. The number of nitrogens with zero attached hydrogens (tertiary/aromatic N) is 2. The van der Waals surface area contributed by atoms with E-state index in [2.05, 4.69) is 30.7 Å². The highest BCUT2D eigenvalue weighted by Gasteiger charge is 2.54. The first-order valence-corrected chi connectivity index (χ1v) is 11.4. The third-order valence-electron chi connectivity index (χ3n) is 6.41. The van der Waals surface area contributed by atoms with E-state index >= 15 is 0 Å². The molecular formula is C23H36N4S. The van der Waals surface area contributed by atoms with Gasteiger partial charge in [-0.25, -0.2) is 0 Å². The molecule has 0 radical (unpaired) electrons. The molecule has 0 aromatic carbocycles. The van der Waals surface area contributed by atoms with Crippen molar-refractivity contribution < 1.29 is 0 Å². The number of likely N-dealkylation sites (tertiary alicyclic amines) is 1. The number of rotatable bonds is 7. The van der Waals surface area contributed by atoms with Crippen molar-refractivity contribution in [3.05, 3.63) is 34.0 Å². The number of aryl methyl sites for hydroxylation is 1. The quantitative estimate of drug-likeness (QED) is 0.506. The van der Waals surface area contributed by atoms with Gasteiger partial charge in [0.25, 0.3) is 0 Å². The van der Waals surface area contributed by atoms with Crippen LogP contribution in [0.25, 0.3) is 0 Å². The van der Waals surface area contributed by atoms with Gasteiger partial charge in [0.1, 0.15) is 5.84 Å². The SMILES string of the molecule is Cc1ccsc1C(=N)/C=C\C(N)=NCC1CC12CCN(CCC(C)(C)C)CC2. The molecule has 1 aliphatic carbocycles. The number of hydrogen-bond donors (Lipinski definition) is 2. The van der Waals surface area contributed by atoms with Gasteiger partial charge in [-0.2, -0.15) is 0 Å². The van der Waals surface area contributed by atoms with E-state index in [-0.39, 0.29) is 0 Å². The first kappa shape index (κ1) is 21.3. The molecular weight excluding hydrogens is 364 g/mol. The molecule has 1 aromatic rings. The zero-order valence-electron chi connectivity index (χ0n) is 17.9. The van der Waals surface area contributed by atoms with Crippen LogP contribution in [-0.2, 0) is 0 Å². The highest BCUT2D eigenvalue weighted by molar-refractivity contribution is 7.12. The van der Waals surface area contributed by atoms with E-state index in [0.717, 1.165) is 17.0 Å². The predicted molar refractivity (Wildman–Crippen MR) is 122 cm³/mol. The van der Waals surface area contributed by atoms with Crippen molar-refractivity contribution in [3.63, 3.8) is 0 Å². The number of nitrogens with two attached hydrogens (primary N) is 1. The molecule has 2 aliphatic rings. The molecule has 1 unspecified atom stereocenters. The average molecular weight is 401 g/mol. The average Bonchev–Trinajstić information content (AvgIpc) is 3.12. The molecule has 3 N–H and O–H groups in total. The fourth-order valence-electron chi connectivity index (χ4n) is 4.18. The number of amidine groups is 1. The topological polar surface area (TPSA) is 65.5 Å². The van der Waals surface area contributed by atoms with Gasteiger partial charge in [0.15, 0.2) is 0 Å². The number of aliphatic imine (C=N–C) groups is 1. The molecule has 3 rings (SSSR count). The summed E-state index contributed by atoms with van der Waals surface area (Å²) >= 11 is 1.60. The van der Waals surface area contributed by atoms with Crippen molar-refractivity contribution in [2.24, 2.45) is 27.5 Å². The number of hydrogen-bond acceptors (Lipinski definition) is 4. The Morgan fingerprint density at radius 3 is 2.68 bits per heavy atom. The number of thiophene rings is 1. The van der Waals surface area contributed by atoms with Crippen LogP contribution in [-0.4, -0.2) is 42.6 Å². The number of piperidine rings is 1. The molecule has 154 valence electrons. The Bertz CT molecular complexity index is 745. The lowest BCUT2D eigenvalue weighted by Crippen LogP contribution is -2.37. The van der Waals surface area contributed by atoms with E-state index < -0.39 is 0 Å². The summed E-state index contributed by atoms with van der Waals surface area (Å²) in [6.07, 6.45) is 8.77. The summed E-state index contributed by atoms with van der Waals surface area (Å²) in [5.41, 5.74) is 8.68. The molecule has 0 amide bonds. The van der Waals surface area contributed by atoms with Crippen molar-refractivity contribution in [2.75, 3.05) is 26.2 Å². The van der Waals surface area contributed by atoms with Crippen LogP contribution in [0.2, 0.25) is 0 Å². The van der Waals surface area contributed by atoms with Gasteiger partial charge in [-0.3, -0.25) is 10.4 Å². The second-order valence-electron chi connectivity index (χ2n) is 9.86. The van der Waals surface area contributed by atoms with Crippen molar-refractivity contribution >= 4 is 22.9 Å². The third-order valence-corrected chi connectivity index (χ3v) is 7.46. The summed E-state index contributed by atoms with van der Waals surface area (Å²) in [6.45, 7) is 13.6. The summed E-state index contributed by atoms with van der Waals surface area (Å²) in [4.78, 5) is 8.25. The monoisotopic (exact) mass is 400 g/mol. The Kier molecular flexibility index (Phi) is 6.45. The van der Waals surface area contributed by atoms with Crippen LogP contribution in [0.15, 0.2) is 28.6 Å². The van der Waals surface area contributed by atoms with E-state index in [1.54, 1.807) is 23.5 Å². The van der Waals surface area contributed by atoms with Crippen LogP contribution in [0.4, 0.5) is 0 Å². The molecule has 1 aliphatic heterocycles. The fourth-order valence-corrected chi connectivity index (χ4v) is 5.04. The predicted octanol–water partition coefficient (Wildman–Crippen LogP) is 4.88. The van der Waals surface area contributed by atoms with E-state index in [1.807, 2.05) is 18.4 Å². The summed E-state index contributed by atoms with van der Waals surface area (Å²) < 4.78 is 0. The summed E-state index contributed by atoms with van der Waals surface area (Å²) in [5, 5.41) is 10.2. The molecule has 1 aromatic heterocycles. The minimum Gasteiger partial charge on any atom is -0.384 e. The van der Waals surface area contributed by atoms with Gasteiger partial charge in [-0.05, 0) is 98.2 Å². The lowest BCUT2D eigenvalue weighted by atomic mass is 9.88. The van der Waals surface area contributed by atoms with E-state index in [0.29, 0.717) is 28.3 Å². The molecule has 2 fully saturated rings. The van der Waals surface area contributed by atoms with Crippen LogP contribution < -0.4 is 5.73 Å². The molecule has 28 heavy (non-hydrogen) atoms.